The standard InChI is InChI=1S/C14H18N2O2/c17-13-4-2-10-16(11-13)14(18)5-1-3-12-6-8-15-9-7-12/h6-9H,1-5,10-11H2. The van der Waals surface area contributed by atoms with Gasteiger partial charge in [0.25, 0.3) is 0 Å². The maximum absolute atomic E-state index is 11.9. The van der Waals surface area contributed by atoms with Crippen molar-refractivity contribution < 1.29 is 9.59 Å². The molecule has 96 valence electrons. The summed E-state index contributed by atoms with van der Waals surface area (Å²) in [7, 11) is 0. The summed E-state index contributed by atoms with van der Waals surface area (Å²) >= 11 is 0. The van der Waals surface area contributed by atoms with Crippen molar-refractivity contribution in [2.45, 2.75) is 32.1 Å². The molecular weight excluding hydrogens is 228 g/mol. The average Bonchev–Trinajstić information content (AvgIpc) is 2.40. The molecule has 0 radical (unpaired) electrons. The number of pyridine rings is 1. The molecule has 4 nitrogen and oxygen atoms in total. The van der Waals surface area contributed by atoms with E-state index in [0.29, 0.717) is 19.4 Å². The molecule has 1 aromatic rings. The Hall–Kier alpha value is -1.71. The van der Waals surface area contributed by atoms with E-state index in [1.165, 1.54) is 5.56 Å². The van der Waals surface area contributed by atoms with E-state index in [1.807, 2.05) is 12.1 Å². The van der Waals surface area contributed by atoms with E-state index in [4.69, 9.17) is 0 Å². The fourth-order valence-electron chi connectivity index (χ4n) is 2.20. The topological polar surface area (TPSA) is 50.3 Å². The van der Waals surface area contributed by atoms with Crippen molar-refractivity contribution in [1.82, 2.24) is 9.88 Å². The Morgan fingerprint density at radius 2 is 2.11 bits per heavy atom. The normalized spacial score (nSPS) is 15.8. The van der Waals surface area contributed by atoms with E-state index in [-0.39, 0.29) is 11.7 Å². The van der Waals surface area contributed by atoms with Gasteiger partial charge in [0.15, 0.2) is 5.78 Å². The lowest BCUT2D eigenvalue weighted by molar-refractivity contribution is -0.137. The van der Waals surface area contributed by atoms with Crippen molar-refractivity contribution in [2.24, 2.45) is 0 Å². The van der Waals surface area contributed by atoms with Crippen molar-refractivity contribution in [3.8, 4) is 0 Å². The number of hydrogen-bond acceptors (Lipinski definition) is 3. The minimum absolute atomic E-state index is 0.108. The van der Waals surface area contributed by atoms with Crippen LogP contribution in [0.15, 0.2) is 24.5 Å². The lowest BCUT2D eigenvalue weighted by atomic mass is 10.1. The van der Waals surface area contributed by atoms with Gasteiger partial charge in [0.2, 0.25) is 5.91 Å². The molecule has 1 amide bonds. The highest BCUT2D eigenvalue weighted by molar-refractivity contribution is 5.87. The first kappa shape index (κ1) is 12.7. The van der Waals surface area contributed by atoms with Crippen LogP contribution in [0.2, 0.25) is 0 Å². The maximum atomic E-state index is 11.9. The maximum Gasteiger partial charge on any atom is 0.222 e. The third-order valence-corrected chi connectivity index (χ3v) is 3.21. The fourth-order valence-corrected chi connectivity index (χ4v) is 2.20. The van der Waals surface area contributed by atoms with Crippen LogP contribution in [0.25, 0.3) is 0 Å². The SMILES string of the molecule is O=C1CCCN(C(=O)CCCc2ccncc2)C1. The van der Waals surface area contributed by atoms with Crippen LogP contribution in [0.5, 0.6) is 0 Å². The zero-order valence-electron chi connectivity index (χ0n) is 10.5. The highest BCUT2D eigenvalue weighted by atomic mass is 16.2. The number of carbonyl (C=O) groups is 2. The zero-order valence-corrected chi connectivity index (χ0v) is 10.5. The van der Waals surface area contributed by atoms with Gasteiger partial charge in [-0.25, -0.2) is 0 Å². The van der Waals surface area contributed by atoms with Gasteiger partial charge < -0.3 is 4.90 Å². The minimum atomic E-state index is 0.108. The number of piperidine rings is 1. The lowest BCUT2D eigenvalue weighted by Crippen LogP contribution is -2.40. The van der Waals surface area contributed by atoms with Gasteiger partial charge in [-0.1, -0.05) is 0 Å². The Morgan fingerprint density at radius 3 is 2.83 bits per heavy atom. The molecule has 1 fully saturated rings. The first-order valence-electron chi connectivity index (χ1n) is 6.44. The van der Waals surface area contributed by atoms with E-state index in [0.717, 1.165) is 25.8 Å². The van der Waals surface area contributed by atoms with E-state index in [2.05, 4.69) is 4.98 Å². The average molecular weight is 246 g/mol. The smallest absolute Gasteiger partial charge is 0.222 e. The predicted molar refractivity (Wildman–Crippen MR) is 68.0 cm³/mol. The Labute approximate surface area is 107 Å². The molecule has 0 N–H and O–H groups in total. The number of aryl methyl sites for hydroxylation is 1. The van der Waals surface area contributed by atoms with Crippen molar-refractivity contribution in [3.05, 3.63) is 30.1 Å². The highest BCUT2D eigenvalue weighted by Gasteiger charge is 2.20. The van der Waals surface area contributed by atoms with Gasteiger partial charge in [0.1, 0.15) is 0 Å². The summed E-state index contributed by atoms with van der Waals surface area (Å²) in [6.45, 7) is 1.05. The van der Waals surface area contributed by atoms with Crippen LogP contribution in [0.4, 0.5) is 0 Å². The number of nitrogens with zero attached hydrogens (tertiary/aromatic N) is 2. The molecule has 0 aromatic carbocycles. The molecule has 1 aliphatic heterocycles. The number of ketones is 1. The minimum Gasteiger partial charge on any atom is -0.335 e. The number of amides is 1. The first-order valence-corrected chi connectivity index (χ1v) is 6.44. The van der Waals surface area contributed by atoms with Crippen molar-refractivity contribution in [2.75, 3.05) is 13.1 Å². The Kier molecular flexibility index (Phi) is 4.45. The molecule has 1 aromatic heterocycles. The van der Waals surface area contributed by atoms with E-state index in [9.17, 15) is 9.59 Å². The number of carbonyl (C=O) groups excluding carboxylic acids is 2. The second kappa shape index (κ2) is 6.28. The number of Topliss-reactive ketones (excluding diaryl/α,β-unsaturated/α-hetero) is 1. The van der Waals surface area contributed by atoms with E-state index in [1.54, 1.807) is 17.3 Å². The molecule has 1 saturated heterocycles. The summed E-state index contributed by atoms with van der Waals surface area (Å²) < 4.78 is 0. The van der Waals surface area contributed by atoms with Gasteiger partial charge in [0.05, 0.1) is 6.54 Å². The van der Waals surface area contributed by atoms with Gasteiger partial charge >= 0.3 is 0 Å². The molecule has 2 rings (SSSR count). The highest BCUT2D eigenvalue weighted by Crippen LogP contribution is 2.10. The second-order valence-corrected chi connectivity index (χ2v) is 4.67. The van der Waals surface area contributed by atoms with Crippen molar-refractivity contribution in [3.63, 3.8) is 0 Å². The third-order valence-electron chi connectivity index (χ3n) is 3.21. The molecule has 0 saturated carbocycles. The summed E-state index contributed by atoms with van der Waals surface area (Å²) in [5, 5.41) is 0. The number of rotatable bonds is 4. The van der Waals surface area contributed by atoms with Gasteiger partial charge in [0, 0.05) is 31.8 Å². The predicted octanol–water partition coefficient (Wildman–Crippen LogP) is 1.60. The van der Waals surface area contributed by atoms with Gasteiger partial charge in [-0.3, -0.25) is 14.6 Å². The van der Waals surface area contributed by atoms with E-state index < -0.39 is 0 Å². The first-order chi connectivity index (χ1) is 8.75. The van der Waals surface area contributed by atoms with E-state index >= 15 is 0 Å². The van der Waals surface area contributed by atoms with Crippen LogP contribution < -0.4 is 0 Å². The molecule has 0 unspecified atom stereocenters. The number of likely N-dealkylation sites (tertiary alicyclic amines) is 1. The van der Waals surface area contributed by atoms with Crippen LogP contribution >= 0.6 is 0 Å². The van der Waals surface area contributed by atoms with Gasteiger partial charge in [-0.05, 0) is 37.0 Å². The largest absolute Gasteiger partial charge is 0.335 e. The Morgan fingerprint density at radius 1 is 1.33 bits per heavy atom. The third kappa shape index (κ3) is 3.65. The quantitative estimate of drug-likeness (QED) is 0.810. The van der Waals surface area contributed by atoms with Gasteiger partial charge in [-0.15, -0.1) is 0 Å². The zero-order chi connectivity index (χ0) is 12.8. The Bertz CT molecular complexity index is 417. The molecular formula is C14H18N2O2. The molecule has 0 bridgehead atoms. The van der Waals surface area contributed by atoms with Crippen molar-refractivity contribution >= 4 is 11.7 Å². The molecule has 4 heteroatoms. The van der Waals surface area contributed by atoms with Crippen LogP contribution in [-0.4, -0.2) is 34.7 Å². The summed E-state index contributed by atoms with van der Waals surface area (Å²) in [4.78, 5) is 28.8. The monoisotopic (exact) mass is 246 g/mol. The summed E-state index contributed by atoms with van der Waals surface area (Å²) in [6, 6.07) is 3.93. The fraction of sp³-hybridized carbons (Fsp3) is 0.500. The molecule has 0 aliphatic carbocycles. The lowest BCUT2D eigenvalue weighted by Gasteiger charge is -2.25. The summed E-state index contributed by atoms with van der Waals surface area (Å²) in [5.74, 6) is 0.292. The van der Waals surface area contributed by atoms with Crippen LogP contribution in [-0.2, 0) is 16.0 Å². The van der Waals surface area contributed by atoms with Crippen LogP contribution in [0, 0.1) is 0 Å². The van der Waals surface area contributed by atoms with Crippen molar-refractivity contribution in [1.29, 1.82) is 0 Å². The second-order valence-electron chi connectivity index (χ2n) is 4.67. The molecule has 1 aliphatic rings. The molecule has 2 heterocycles. The summed E-state index contributed by atoms with van der Waals surface area (Å²) in [5.41, 5.74) is 1.20. The van der Waals surface area contributed by atoms with Crippen LogP contribution in [0.1, 0.15) is 31.2 Å². The Balaban J connectivity index is 1.73. The number of hydrogen-bond donors (Lipinski definition) is 0. The molecule has 0 spiro atoms. The molecule has 0 atom stereocenters. The summed E-state index contributed by atoms with van der Waals surface area (Å²) in [6.07, 6.45) is 7.20. The molecule has 18 heavy (non-hydrogen) atoms. The number of aromatic nitrogens is 1. The van der Waals surface area contributed by atoms with Gasteiger partial charge in [-0.2, -0.15) is 0 Å². The van der Waals surface area contributed by atoms with Crippen LogP contribution in [0.3, 0.4) is 0 Å².